The average molecular weight is 231 g/mol. The van der Waals surface area contributed by atoms with Crippen LogP contribution in [0.4, 0.5) is 0 Å². The van der Waals surface area contributed by atoms with Crippen molar-refractivity contribution in [3.8, 4) is 11.4 Å². The van der Waals surface area contributed by atoms with Crippen LogP contribution in [0.3, 0.4) is 0 Å². The number of H-pyrrole nitrogens is 1. The van der Waals surface area contributed by atoms with Gasteiger partial charge in [0.1, 0.15) is 5.82 Å². The molecule has 1 fully saturated rings. The highest BCUT2D eigenvalue weighted by atomic mass is 15.1. The molecule has 0 unspecified atom stereocenters. The van der Waals surface area contributed by atoms with Crippen molar-refractivity contribution in [3.05, 3.63) is 24.3 Å². The topological polar surface area (TPSA) is 58.5 Å². The molecule has 0 radical (unpaired) electrons. The molecule has 0 aromatic carbocycles. The first-order valence-corrected chi connectivity index (χ1v) is 6.08. The van der Waals surface area contributed by atoms with Gasteiger partial charge in [-0.15, -0.1) is 0 Å². The second-order valence-electron chi connectivity index (χ2n) is 4.58. The van der Waals surface area contributed by atoms with Crippen molar-refractivity contribution in [3.63, 3.8) is 0 Å². The zero-order valence-electron chi connectivity index (χ0n) is 9.98. The van der Waals surface area contributed by atoms with E-state index in [9.17, 15) is 0 Å². The van der Waals surface area contributed by atoms with Gasteiger partial charge in [-0.25, -0.2) is 4.98 Å². The number of nitrogens with zero attached hydrogens (tertiary/aromatic N) is 3. The van der Waals surface area contributed by atoms with Gasteiger partial charge in [-0.2, -0.15) is 5.10 Å². The van der Waals surface area contributed by atoms with Gasteiger partial charge in [0.2, 0.25) is 0 Å². The van der Waals surface area contributed by atoms with Crippen LogP contribution in [0.5, 0.6) is 0 Å². The Bertz CT molecular complexity index is 492. The van der Waals surface area contributed by atoms with Crippen LogP contribution in [0.25, 0.3) is 11.4 Å². The Balaban J connectivity index is 1.96. The van der Waals surface area contributed by atoms with Gasteiger partial charge < -0.3 is 9.88 Å². The van der Waals surface area contributed by atoms with E-state index in [1.807, 2.05) is 30.2 Å². The molecule has 0 spiro atoms. The number of aromatic amines is 1. The molecule has 2 N–H and O–H groups in total. The van der Waals surface area contributed by atoms with Crippen molar-refractivity contribution in [1.29, 1.82) is 0 Å². The molecule has 1 aliphatic rings. The number of aryl methyl sites for hydroxylation is 1. The molecule has 0 aliphatic carbocycles. The molecule has 3 heterocycles. The Labute approximate surface area is 100 Å². The van der Waals surface area contributed by atoms with Crippen molar-refractivity contribution in [2.75, 3.05) is 13.1 Å². The maximum absolute atomic E-state index is 4.40. The largest absolute Gasteiger partial charge is 0.334 e. The second-order valence-corrected chi connectivity index (χ2v) is 4.58. The van der Waals surface area contributed by atoms with Crippen molar-refractivity contribution in [1.82, 2.24) is 25.1 Å². The summed E-state index contributed by atoms with van der Waals surface area (Å²) in [6.45, 7) is 2.17. The lowest BCUT2D eigenvalue weighted by Gasteiger charge is -2.22. The standard InChI is InChI=1S/C12H17N5/c1-17-7-6-14-12(17)10-8-15-16-11(10)9-2-4-13-5-3-9/h6-9,13H,2-5H2,1H3,(H,15,16). The lowest BCUT2D eigenvalue weighted by Crippen LogP contribution is -2.27. The fraction of sp³-hybridized carbons (Fsp3) is 0.500. The summed E-state index contributed by atoms with van der Waals surface area (Å²) in [6.07, 6.45) is 8.02. The van der Waals surface area contributed by atoms with E-state index < -0.39 is 0 Å². The van der Waals surface area contributed by atoms with Crippen LogP contribution in [-0.4, -0.2) is 32.8 Å². The zero-order chi connectivity index (χ0) is 11.7. The first-order valence-electron chi connectivity index (χ1n) is 6.08. The van der Waals surface area contributed by atoms with Crippen molar-refractivity contribution < 1.29 is 0 Å². The summed E-state index contributed by atoms with van der Waals surface area (Å²) < 4.78 is 2.04. The Morgan fingerprint density at radius 2 is 2.18 bits per heavy atom. The van der Waals surface area contributed by atoms with E-state index in [-0.39, 0.29) is 0 Å². The van der Waals surface area contributed by atoms with Crippen molar-refractivity contribution >= 4 is 0 Å². The minimum atomic E-state index is 0.574. The summed E-state index contributed by atoms with van der Waals surface area (Å²) in [7, 11) is 2.02. The maximum Gasteiger partial charge on any atom is 0.143 e. The number of rotatable bonds is 2. The highest BCUT2D eigenvalue weighted by Crippen LogP contribution is 2.31. The fourth-order valence-corrected chi connectivity index (χ4v) is 2.52. The first kappa shape index (κ1) is 10.5. The Morgan fingerprint density at radius 3 is 2.88 bits per heavy atom. The molecular weight excluding hydrogens is 214 g/mol. The molecule has 0 atom stereocenters. The third-order valence-electron chi connectivity index (χ3n) is 3.48. The van der Waals surface area contributed by atoms with E-state index in [2.05, 4.69) is 20.5 Å². The van der Waals surface area contributed by atoms with Gasteiger partial charge >= 0.3 is 0 Å². The van der Waals surface area contributed by atoms with E-state index >= 15 is 0 Å². The molecule has 3 rings (SSSR count). The summed E-state index contributed by atoms with van der Waals surface area (Å²) in [4.78, 5) is 4.40. The Kier molecular flexibility index (Phi) is 2.68. The Hall–Kier alpha value is -1.62. The number of hydrogen-bond donors (Lipinski definition) is 2. The van der Waals surface area contributed by atoms with E-state index in [4.69, 9.17) is 0 Å². The molecule has 1 saturated heterocycles. The third kappa shape index (κ3) is 1.86. The number of nitrogens with one attached hydrogen (secondary N) is 2. The van der Waals surface area contributed by atoms with Crippen LogP contribution in [-0.2, 0) is 7.05 Å². The minimum Gasteiger partial charge on any atom is -0.334 e. The van der Waals surface area contributed by atoms with Crippen LogP contribution < -0.4 is 5.32 Å². The van der Waals surface area contributed by atoms with Gasteiger partial charge in [-0.1, -0.05) is 0 Å². The van der Waals surface area contributed by atoms with Crippen LogP contribution in [0.1, 0.15) is 24.5 Å². The highest BCUT2D eigenvalue weighted by Gasteiger charge is 2.22. The molecule has 90 valence electrons. The van der Waals surface area contributed by atoms with Crippen molar-refractivity contribution in [2.45, 2.75) is 18.8 Å². The molecule has 2 aromatic heterocycles. The molecule has 0 bridgehead atoms. The van der Waals surface area contributed by atoms with Gasteiger partial charge in [0.25, 0.3) is 0 Å². The molecule has 0 amide bonds. The minimum absolute atomic E-state index is 0.574. The monoisotopic (exact) mass is 231 g/mol. The summed E-state index contributed by atoms with van der Waals surface area (Å²) in [5.41, 5.74) is 2.38. The summed E-state index contributed by atoms with van der Waals surface area (Å²) in [6, 6.07) is 0. The van der Waals surface area contributed by atoms with Crippen molar-refractivity contribution in [2.24, 2.45) is 7.05 Å². The molecule has 1 aliphatic heterocycles. The highest BCUT2D eigenvalue weighted by molar-refractivity contribution is 5.58. The van der Waals surface area contributed by atoms with E-state index in [0.717, 1.165) is 24.5 Å². The number of imidazole rings is 1. The van der Waals surface area contributed by atoms with Crippen LogP contribution in [0, 0.1) is 0 Å². The number of hydrogen-bond acceptors (Lipinski definition) is 3. The van der Waals surface area contributed by atoms with E-state index in [1.54, 1.807) is 0 Å². The van der Waals surface area contributed by atoms with Gasteiger partial charge in [-0.05, 0) is 25.9 Å². The molecule has 5 nitrogen and oxygen atoms in total. The summed E-state index contributed by atoms with van der Waals surface area (Å²) >= 11 is 0. The SMILES string of the molecule is Cn1ccnc1-c1cn[nH]c1C1CCNCC1. The van der Waals surface area contributed by atoms with Crippen LogP contribution >= 0.6 is 0 Å². The average Bonchev–Trinajstić information content (AvgIpc) is 2.98. The second kappa shape index (κ2) is 4.33. The normalized spacial score (nSPS) is 17.5. The molecule has 0 saturated carbocycles. The van der Waals surface area contributed by atoms with Gasteiger partial charge in [0.15, 0.2) is 0 Å². The molecule has 5 heteroatoms. The van der Waals surface area contributed by atoms with Crippen LogP contribution in [0.2, 0.25) is 0 Å². The maximum atomic E-state index is 4.40. The van der Waals surface area contributed by atoms with E-state index in [1.165, 1.54) is 18.5 Å². The summed E-state index contributed by atoms with van der Waals surface area (Å²) in [5, 5.41) is 10.7. The molecule has 2 aromatic rings. The fourth-order valence-electron chi connectivity index (χ4n) is 2.52. The van der Waals surface area contributed by atoms with Gasteiger partial charge in [0.05, 0.1) is 11.8 Å². The number of piperidine rings is 1. The molecular formula is C12H17N5. The Morgan fingerprint density at radius 1 is 1.35 bits per heavy atom. The lowest BCUT2D eigenvalue weighted by atomic mass is 9.92. The number of aromatic nitrogens is 4. The lowest BCUT2D eigenvalue weighted by molar-refractivity contribution is 0.453. The predicted octanol–water partition coefficient (Wildman–Crippen LogP) is 1.28. The first-order chi connectivity index (χ1) is 8.36. The van der Waals surface area contributed by atoms with E-state index in [0.29, 0.717) is 5.92 Å². The predicted molar refractivity (Wildman–Crippen MR) is 65.6 cm³/mol. The molecule has 17 heavy (non-hydrogen) atoms. The summed E-state index contributed by atoms with van der Waals surface area (Å²) in [5.74, 6) is 1.57. The van der Waals surface area contributed by atoms with Gasteiger partial charge in [0, 0.05) is 31.1 Å². The third-order valence-corrected chi connectivity index (χ3v) is 3.48. The van der Waals surface area contributed by atoms with Gasteiger partial charge in [-0.3, -0.25) is 5.10 Å². The van der Waals surface area contributed by atoms with Crippen LogP contribution in [0.15, 0.2) is 18.6 Å². The quantitative estimate of drug-likeness (QED) is 0.818. The smallest absolute Gasteiger partial charge is 0.143 e. The zero-order valence-corrected chi connectivity index (χ0v) is 9.98.